The van der Waals surface area contributed by atoms with Crippen molar-refractivity contribution >= 4 is 35.8 Å². The number of nitrogens with one attached hydrogen (secondary N) is 3. The molecule has 2 aromatic rings. The molecule has 2 rings (SSSR count). The molecule has 1 aromatic carbocycles. The van der Waals surface area contributed by atoms with E-state index in [4.69, 9.17) is 0 Å². The molecule has 148 valence electrons. The van der Waals surface area contributed by atoms with Crippen LogP contribution in [0, 0.1) is 13.8 Å². The second kappa shape index (κ2) is 11.6. The van der Waals surface area contributed by atoms with Gasteiger partial charge in [-0.2, -0.15) is 5.10 Å². The number of nitrogens with zero attached hydrogens (tertiary/aromatic N) is 3. The van der Waals surface area contributed by atoms with Crippen LogP contribution in [0.1, 0.15) is 33.7 Å². The highest BCUT2D eigenvalue weighted by molar-refractivity contribution is 14.0. The van der Waals surface area contributed by atoms with Gasteiger partial charge in [0, 0.05) is 45.0 Å². The average Bonchev–Trinajstić information content (AvgIpc) is 2.97. The first-order valence-corrected chi connectivity index (χ1v) is 8.80. The number of rotatable bonds is 7. The van der Waals surface area contributed by atoms with E-state index in [0.29, 0.717) is 12.1 Å². The zero-order valence-corrected chi connectivity index (χ0v) is 18.7. The molecule has 0 bridgehead atoms. The lowest BCUT2D eigenvalue weighted by molar-refractivity contribution is 0.0963. The minimum atomic E-state index is -0.0847. The number of aryl methyl sites for hydroxylation is 3. The number of carbonyl (C=O) groups excluding carboxylic acids is 1. The Morgan fingerprint density at radius 3 is 2.63 bits per heavy atom. The van der Waals surface area contributed by atoms with E-state index in [1.165, 1.54) is 5.69 Å². The molecular weight excluding hydrogens is 455 g/mol. The smallest absolute Gasteiger partial charge is 0.251 e. The fourth-order valence-corrected chi connectivity index (χ4v) is 2.71. The molecule has 0 atom stereocenters. The highest BCUT2D eigenvalue weighted by Gasteiger charge is 2.05. The summed E-state index contributed by atoms with van der Waals surface area (Å²) >= 11 is 0. The standard InChI is InChI=1S/C19H28N6O.HI/c1-14-11-15(2)25(24-14)10-6-9-22-19(21-4)23-13-16-7-5-8-17(12-16)18(26)20-3;/h5,7-8,11-12H,6,9-10,13H2,1-4H3,(H,20,26)(H2,21,22,23);1H. The molecule has 0 aliphatic heterocycles. The third-order valence-electron chi connectivity index (χ3n) is 4.04. The number of carbonyl (C=O) groups is 1. The topological polar surface area (TPSA) is 83.3 Å². The van der Waals surface area contributed by atoms with Gasteiger partial charge in [0.1, 0.15) is 0 Å². The Morgan fingerprint density at radius 1 is 1.22 bits per heavy atom. The van der Waals surface area contributed by atoms with Gasteiger partial charge in [0.05, 0.1) is 5.69 Å². The summed E-state index contributed by atoms with van der Waals surface area (Å²) < 4.78 is 2.03. The van der Waals surface area contributed by atoms with Gasteiger partial charge in [-0.15, -0.1) is 24.0 Å². The van der Waals surface area contributed by atoms with Crippen LogP contribution in [0.3, 0.4) is 0 Å². The predicted molar refractivity (Wildman–Crippen MR) is 120 cm³/mol. The first-order valence-electron chi connectivity index (χ1n) is 8.80. The van der Waals surface area contributed by atoms with E-state index in [1.807, 2.05) is 29.8 Å². The molecule has 0 fully saturated rings. The number of amides is 1. The number of benzene rings is 1. The second-order valence-electron chi connectivity index (χ2n) is 6.14. The van der Waals surface area contributed by atoms with Crippen molar-refractivity contribution in [1.29, 1.82) is 0 Å². The molecule has 0 aliphatic carbocycles. The molecule has 0 unspecified atom stereocenters. The summed E-state index contributed by atoms with van der Waals surface area (Å²) in [5, 5.41) is 13.7. The van der Waals surface area contributed by atoms with E-state index in [9.17, 15) is 4.79 Å². The Labute approximate surface area is 178 Å². The number of hydrogen-bond acceptors (Lipinski definition) is 3. The van der Waals surface area contributed by atoms with Gasteiger partial charge in [-0.3, -0.25) is 14.5 Å². The van der Waals surface area contributed by atoms with Crippen molar-refractivity contribution in [2.75, 3.05) is 20.6 Å². The van der Waals surface area contributed by atoms with Crippen molar-refractivity contribution in [2.45, 2.75) is 33.4 Å². The Hall–Kier alpha value is -2.10. The minimum Gasteiger partial charge on any atom is -0.356 e. The zero-order chi connectivity index (χ0) is 18.9. The van der Waals surface area contributed by atoms with Gasteiger partial charge in [-0.05, 0) is 44.0 Å². The van der Waals surface area contributed by atoms with Crippen LogP contribution in [0.25, 0.3) is 0 Å². The molecular formula is C19H29IN6O. The SMILES string of the molecule is CN=C(NCCCn1nc(C)cc1C)NCc1cccc(C(=O)NC)c1.I. The van der Waals surface area contributed by atoms with E-state index in [2.05, 4.69) is 39.0 Å². The van der Waals surface area contributed by atoms with E-state index in [1.54, 1.807) is 20.2 Å². The van der Waals surface area contributed by atoms with Crippen LogP contribution in [-0.4, -0.2) is 42.3 Å². The van der Waals surface area contributed by atoms with E-state index in [-0.39, 0.29) is 29.9 Å². The largest absolute Gasteiger partial charge is 0.356 e. The summed E-state index contributed by atoms with van der Waals surface area (Å²) in [5.41, 5.74) is 3.91. The first kappa shape index (κ1) is 22.9. The average molecular weight is 484 g/mol. The van der Waals surface area contributed by atoms with Gasteiger partial charge in [0.25, 0.3) is 5.91 Å². The maximum absolute atomic E-state index is 11.7. The fourth-order valence-electron chi connectivity index (χ4n) is 2.71. The van der Waals surface area contributed by atoms with Crippen LogP contribution >= 0.6 is 24.0 Å². The number of aromatic nitrogens is 2. The highest BCUT2D eigenvalue weighted by atomic mass is 127. The first-order chi connectivity index (χ1) is 12.5. The van der Waals surface area contributed by atoms with Crippen molar-refractivity contribution in [3.8, 4) is 0 Å². The molecule has 27 heavy (non-hydrogen) atoms. The van der Waals surface area contributed by atoms with Crippen molar-refractivity contribution in [3.05, 3.63) is 52.8 Å². The molecule has 3 N–H and O–H groups in total. The summed E-state index contributed by atoms with van der Waals surface area (Å²) in [6.45, 7) is 6.35. The summed E-state index contributed by atoms with van der Waals surface area (Å²) in [5.74, 6) is 0.655. The maximum atomic E-state index is 11.7. The van der Waals surface area contributed by atoms with E-state index < -0.39 is 0 Å². The molecule has 0 spiro atoms. The van der Waals surface area contributed by atoms with Crippen LogP contribution in [0.4, 0.5) is 0 Å². The summed E-state index contributed by atoms with van der Waals surface area (Å²) in [7, 11) is 3.38. The van der Waals surface area contributed by atoms with Crippen molar-refractivity contribution < 1.29 is 4.79 Å². The van der Waals surface area contributed by atoms with Crippen molar-refractivity contribution in [3.63, 3.8) is 0 Å². The van der Waals surface area contributed by atoms with Crippen molar-refractivity contribution in [2.24, 2.45) is 4.99 Å². The van der Waals surface area contributed by atoms with Crippen LogP contribution in [0.5, 0.6) is 0 Å². The number of guanidine groups is 1. The van der Waals surface area contributed by atoms with Gasteiger partial charge in [0.15, 0.2) is 5.96 Å². The molecule has 0 saturated carbocycles. The predicted octanol–water partition coefficient (Wildman–Crippen LogP) is 2.23. The van der Waals surface area contributed by atoms with Gasteiger partial charge < -0.3 is 16.0 Å². The molecule has 1 aromatic heterocycles. The Morgan fingerprint density at radius 2 is 2.00 bits per heavy atom. The Kier molecular flexibility index (Phi) is 9.84. The zero-order valence-electron chi connectivity index (χ0n) is 16.4. The van der Waals surface area contributed by atoms with E-state index >= 15 is 0 Å². The second-order valence-corrected chi connectivity index (χ2v) is 6.14. The maximum Gasteiger partial charge on any atom is 0.251 e. The van der Waals surface area contributed by atoms with Gasteiger partial charge in [-0.1, -0.05) is 12.1 Å². The quantitative estimate of drug-likeness (QED) is 0.244. The molecule has 8 heteroatoms. The molecule has 0 aliphatic rings. The normalized spacial score (nSPS) is 10.9. The molecule has 1 amide bonds. The van der Waals surface area contributed by atoms with Crippen molar-refractivity contribution in [1.82, 2.24) is 25.7 Å². The molecule has 1 heterocycles. The fraction of sp³-hybridized carbons (Fsp3) is 0.421. The van der Waals surface area contributed by atoms with Gasteiger partial charge in [0.2, 0.25) is 0 Å². The third-order valence-corrected chi connectivity index (χ3v) is 4.04. The summed E-state index contributed by atoms with van der Waals surface area (Å²) in [6.07, 6.45) is 0.953. The molecule has 0 radical (unpaired) electrons. The van der Waals surface area contributed by atoms with Gasteiger partial charge in [-0.25, -0.2) is 0 Å². The lowest BCUT2D eigenvalue weighted by Crippen LogP contribution is -2.37. The van der Waals surface area contributed by atoms with Crippen LogP contribution in [-0.2, 0) is 13.1 Å². The van der Waals surface area contributed by atoms with E-state index in [0.717, 1.165) is 36.7 Å². The lowest BCUT2D eigenvalue weighted by Gasteiger charge is -2.13. The van der Waals surface area contributed by atoms with Crippen LogP contribution in [0.2, 0.25) is 0 Å². The highest BCUT2D eigenvalue weighted by Crippen LogP contribution is 2.05. The minimum absolute atomic E-state index is 0. The number of hydrogen-bond donors (Lipinski definition) is 3. The van der Waals surface area contributed by atoms with Gasteiger partial charge >= 0.3 is 0 Å². The molecule has 0 saturated heterocycles. The number of halogens is 1. The summed E-state index contributed by atoms with van der Waals surface area (Å²) in [6, 6.07) is 9.62. The van der Waals surface area contributed by atoms with Crippen LogP contribution in [0.15, 0.2) is 35.3 Å². The Bertz CT molecular complexity index is 771. The Balaban J connectivity index is 0.00000364. The van der Waals surface area contributed by atoms with Crippen LogP contribution < -0.4 is 16.0 Å². The number of aliphatic imine (C=N–C) groups is 1. The molecule has 7 nitrogen and oxygen atoms in total. The lowest BCUT2D eigenvalue weighted by atomic mass is 10.1. The third kappa shape index (κ3) is 7.20. The summed E-state index contributed by atoms with van der Waals surface area (Å²) in [4.78, 5) is 15.9. The monoisotopic (exact) mass is 484 g/mol.